The number of anilines is 1. The first kappa shape index (κ1) is 10.5. The normalized spacial score (nSPS) is 9.86. The van der Waals surface area contributed by atoms with Crippen molar-refractivity contribution in [2.24, 2.45) is 5.73 Å². The maximum atomic E-state index is 13.0. The Hall–Kier alpha value is -1.58. The fourth-order valence-corrected chi connectivity index (χ4v) is 1.12. The van der Waals surface area contributed by atoms with Gasteiger partial charge in [-0.2, -0.15) is 0 Å². The Bertz CT molecular complexity index is 339. The van der Waals surface area contributed by atoms with Crippen LogP contribution in [0.15, 0.2) is 18.2 Å². The minimum atomic E-state index is -0.369. The van der Waals surface area contributed by atoms with Gasteiger partial charge in [0.05, 0.1) is 0 Å². The number of nitrogens with two attached hydrogens (primary N) is 1. The standard InChI is InChI=1S/C10H13FN2O/c1-7-8(11)3-2-4-9(7)13-6-5-10(12)14/h2-4,13H,5-6H2,1H3,(H2,12,14). The van der Waals surface area contributed by atoms with Crippen molar-refractivity contribution in [3.63, 3.8) is 0 Å². The maximum Gasteiger partial charge on any atom is 0.219 e. The first-order chi connectivity index (χ1) is 6.61. The molecular weight excluding hydrogens is 183 g/mol. The molecule has 4 heteroatoms. The predicted molar refractivity (Wildman–Crippen MR) is 53.4 cm³/mol. The lowest BCUT2D eigenvalue weighted by atomic mass is 10.2. The van der Waals surface area contributed by atoms with Crippen molar-refractivity contribution in [3.8, 4) is 0 Å². The van der Waals surface area contributed by atoms with E-state index in [-0.39, 0.29) is 18.1 Å². The minimum absolute atomic E-state index is 0.246. The van der Waals surface area contributed by atoms with Crippen LogP contribution in [0.5, 0.6) is 0 Å². The van der Waals surface area contributed by atoms with Gasteiger partial charge in [-0.05, 0) is 19.1 Å². The van der Waals surface area contributed by atoms with Crippen molar-refractivity contribution < 1.29 is 9.18 Å². The van der Waals surface area contributed by atoms with E-state index in [2.05, 4.69) is 5.32 Å². The summed E-state index contributed by atoms with van der Waals surface area (Å²) in [6, 6.07) is 4.78. The smallest absolute Gasteiger partial charge is 0.219 e. The van der Waals surface area contributed by atoms with Crippen molar-refractivity contribution in [1.82, 2.24) is 0 Å². The average molecular weight is 196 g/mol. The molecule has 0 unspecified atom stereocenters. The van der Waals surface area contributed by atoms with Crippen molar-refractivity contribution in [1.29, 1.82) is 0 Å². The maximum absolute atomic E-state index is 13.0. The average Bonchev–Trinajstić information content (AvgIpc) is 2.12. The van der Waals surface area contributed by atoms with Gasteiger partial charge in [0.25, 0.3) is 0 Å². The molecule has 0 aromatic heterocycles. The van der Waals surface area contributed by atoms with Crippen molar-refractivity contribution in [2.45, 2.75) is 13.3 Å². The van der Waals surface area contributed by atoms with E-state index in [0.717, 1.165) is 0 Å². The summed E-state index contributed by atoms with van der Waals surface area (Å²) in [4.78, 5) is 10.4. The van der Waals surface area contributed by atoms with Crippen LogP contribution in [0.4, 0.5) is 10.1 Å². The third kappa shape index (κ3) is 2.73. The molecule has 0 saturated carbocycles. The van der Waals surface area contributed by atoms with E-state index in [4.69, 9.17) is 5.73 Å². The third-order valence-corrected chi connectivity index (χ3v) is 1.95. The van der Waals surface area contributed by atoms with Gasteiger partial charge in [-0.3, -0.25) is 4.79 Å². The monoisotopic (exact) mass is 196 g/mol. The van der Waals surface area contributed by atoms with Crippen molar-refractivity contribution in [2.75, 3.05) is 11.9 Å². The zero-order chi connectivity index (χ0) is 10.6. The molecule has 0 heterocycles. The van der Waals surface area contributed by atoms with Gasteiger partial charge in [-0.25, -0.2) is 4.39 Å². The summed E-state index contributed by atoms with van der Waals surface area (Å²) in [6.07, 6.45) is 0.246. The summed E-state index contributed by atoms with van der Waals surface area (Å²) in [7, 11) is 0. The molecule has 0 aliphatic heterocycles. The minimum Gasteiger partial charge on any atom is -0.384 e. The van der Waals surface area contributed by atoms with E-state index in [1.807, 2.05) is 0 Å². The van der Waals surface area contributed by atoms with Crippen LogP contribution in [0.2, 0.25) is 0 Å². The summed E-state index contributed by atoms with van der Waals surface area (Å²) in [5.74, 6) is -0.624. The molecule has 0 saturated heterocycles. The van der Waals surface area contributed by atoms with Crippen LogP contribution in [0.3, 0.4) is 0 Å². The zero-order valence-electron chi connectivity index (χ0n) is 8.01. The molecule has 3 N–H and O–H groups in total. The van der Waals surface area contributed by atoms with Crippen LogP contribution in [0, 0.1) is 12.7 Å². The zero-order valence-corrected chi connectivity index (χ0v) is 8.01. The second kappa shape index (κ2) is 4.60. The number of hydrogen-bond donors (Lipinski definition) is 2. The molecule has 0 fully saturated rings. The Morgan fingerprint density at radius 3 is 2.93 bits per heavy atom. The van der Waals surface area contributed by atoms with Crippen LogP contribution in [0.1, 0.15) is 12.0 Å². The number of hydrogen-bond acceptors (Lipinski definition) is 2. The second-order valence-corrected chi connectivity index (χ2v) is 3.06. The van der Waals surface area contributed by atoms with Gasteiger partial charge < -0.3 is 11.1 Å². The van der Waals surface area contributed by atoms with Gasteiger partial charge in [0.2, 0.25) is 5.91 Å². The van der Waals surface area contributed by atoms with Gasteiger partial charge in [0, 0.05) is 24.2 Å². The van der Waals surface area contributed by atoms with E-state index >= 15 is 0 Å². The molecule has 1 aromatic carbocycles. The number of rotatable bonds is 4. The number of amides is 1. The van der Waals surface area contributed by atoms with Crippen LogP contribution < -0.4 is 11.1 Å². The number of carbonyl (C=O) groups excluding carboxylic acids is 1. The summed E-state index contributed by atoms with van der Waals surface area (Å²) in [6.45, 7) is 2.11. The fraction of sp³-hybridized carbons (Fsp3) is 0.300. The van der Waals surface area contributed by atoms with Crippen LogP contribution in [0.25, 0.3) is 0 Å². The van der Waals surface area contributed by atoms with Crippen LogP contribution >= 0.6 is 0 Å². The lowest BCUT2D eigenvalue weighted by Gasteiger charge is -2.08. The molecule has 0 bridgehead atoms. The van der Waals surface area contributed by atoms with E-state index in [1.165, 1.54) is 6.07 Å². The first-order valence-electron chi connectivity index (χ1n) is 4.38. The molecule has 0 spiro atoms. The quantitative estimate of drug-likeness (QED) is 0.765. The largest absolute Gasteiger partial charge is 0.384 e. The summed E-state index contributed by atoms with van der Waals surface area (Å²) < 4.78 is 13.0. The molecular formula is C10H13FN2O. The number of halogens is 1. The van der Waals surface area contributed by atoms with Crippen LogP contribution in [-0.4, -0.2) is 12.5 Å². The van der Waals surface area contributed by atoms with Gasteiger partial charge >= 0.3 is 0 Å². The Kier molecular flexibility index (Phi) is 3.45. The van der Waals surface area contributed by atoms with Gasteiger partial charge in [-0.1, -0.05) is 6.07 Å². The molecule has 0 aliphatic rings. The Morgan fingerprint density at radius 1 is 1.57 bits per heavy atom. The molecule has 1 amide bonds. The highest BCUT2D eigenvalue weighted by Crippen LogP contribution is 2.16. The van der Waals surface area contributed by atoms with Gasteiger partial charge in [-0.15, -0.1) is 0 Å². The molecule has 14 heavy (non-hydrogen) atoms. The molecule has 0 radical (unpaired) electrons. The van der Waals surface area contributed by atoms with E-state index < -0.39 is 0 Å². The van der Waals surface area contributed by atoms with Gasteiger partial charge in [0.15, 0.2) is 0 Å². The Morgan fingerprint density at radius 2 is 2.29 bits per heavy atom. The lowest BCUT2D eigenvalue weighted by Crippen LogP contribution is -2.16. The second-order valence-electron chi connectivity index (χ2n) is 3.06. The van der Waals surface area contributed by atoms with E-state index in [9.17, 15) is 9.18 Å². The molecule has 76 valence electrons. The van der Waals surface area contributed by atoms with Crippen LogP contribution in [-0.2, 0) is 4.79 Å². The summed E-state index contributed by atoms with van der Waals surface area (Å²) in [5, 5.41) is 2.94. The SMILES string of the molecule is Cc1c(F)cccc1NCCC(N)=O. The van der Waals surface area contributed by atoms with Crippen molar-refractivity contribution >= 4 is 11.6 Å². The Balaban J connectivity index is 2.59. The molecule has 1 aromatic rings. The molecule has 1 rings (SSSR count). The third-order valence-electron chi connectivity index (χ3n) is 1.95. The highest BCUT2D eigenvalue weighted by atomic mass is 19.1. The topological polar surface area (TPSA) is 55.1 Å². The van der Waals surface area contributed by atoms with Gasteiger partial charge in [0.1, 0.15) is 5.82 Å². The number of primary amides is 1. The highest BCUT2D eigenvalue weighted by molar-refractivity contribution is 5.74. The number of nitrogens with one attached hydrogen (secondary N) is 1. The predicted octanol–water partition coefficient (Wildman–Crippen LogP) is 1.42. The highest BCUT2D eigenvalue weighted by Gasteiger charge is 2.02. The Labute approximate surface area is 82.1 Å². The first-order valence-corrected chi connectivity index (χ1v) is 4.38. The van der Waals surface area contributed by atoms with E-state index in [1.54, 1.807) is 19.1 Å². The fourth-order valence-electron chi connectivity index (χ4n) is 1.12. The van der Waals surface area contributed by atoms with E-state index in [0.29, 0.717) is 17.8 Å². The summed E-state index contributed by atoms with van der Waals surface area (Å²) in [5.41, 5.74) is 6.22. The summed E-state index contributed by atoms with van der Waals surface area (Å²) >= 11 is 0. The van der Waals surface area contributed by atoms with Crippen molar-refractivity contribution in [3.05, 3.63) is 29.6 Å². The molecule has 0 atom stereocenters. The number of benzene rings is 1. The number of carbonyl (C=O) groups is 1. The lowest BCUT2D eigenvalue weighted by molar-refractivity contribution is -0.117. The molecule has 0 aliphatic carbocycles. The molecule has 3 nitrogen and oxygen atoms in total.